The van der Waals surface area contributed by atoms with Crippen molar-refractivity contribution in [2.75, 3.05) is 18.6 Å². The molecule has 1 heterocycles. The number of hydrogen-bond donors (Lipinski definition) is 1. The summed E-state index contributed by atoms with van der Waals surface area (Å²) in [4.78, 5) is 26.4. The third kappa shape index (κ3) is 4.04. The van der Waals surface area contributed by atoms with E-state index in [1.165, 1.54) is 5.56 Å². The molecule has 26 heavy (non-hydrogen) atoms. The van der Waals surface area contributed by atoms with Crippen LogP contribution in [0.4, 0.5) is 5.69 Å². The number of aryl methyl sites for hydroxylation is 1. The first-order valence-electron chi connectivity index (χ1n) is 8.90. The largest absolute Gasteiger partial charge is 0.497 e. The number of carbonyl (C=O) groups excluding carboxylic acids is 2. The molecule has 5 heteroatoms. The molecule has 0 saturated carbocycles. The molecule has 136 valence electrons. The standard InChI is InChI=1S/C21H24N2O3/c1-3-15-4-6-16(7-5-15)13-22-21(25)17-12-20(24)23(14-17)18-8-10-19(26-2)11-9-18/h4-11,17H,3,12-14H2,1-2H3,(H,22,25). The molecule has 0 radical (unpaired) electrons. The summed E-state index contributed by atoms with van der Waals surface area (Å²) < 4.78 is 5.14. The first-order chi connectivity index (χ1) is 12.6. The van der Waals surface area contributed by atoms with Crippen LogP contribution >= 0.6 is 0 Å². The average Bonchev–Trinajstić information content (AvgIpc) is 3.08. The van der Waals surface area contributed by atoms with Gasteiger partial charge in [0.2, 0.25) is 11.8 Å². The van der Waals surface area contributed by atoms with Gasteiger partial charge in [-0.2, -0.15) is 0 Å². The highest BCUT2D eigenvalue weighted by atomic mass is 16.5. The van der Waals surface area contributed by atoms with Crippen LogP contribution in [0.2, 0.25) is 0 Å². The van der Waals surface area contributed by atoms with Crippen molar-refractivity contribution in [2.24, 2.45) is 5.92 Å². The Hall–Kier alpha value is -2.82. The van der Waals surface area contributed by atoms with Crippen LogP contribution in [0, 0.1) is 5.92 Å². The van der Waals surface area contributed by atoms with Crippen LogP contribution in [-0.4, -0.2) is 25.5 Å². The molecule has 2 aromatic carbocycles. The zero-order valence-corrected chi connectivity index (χ0v) is 15.2. The number of anilines is 1. The average molecular weight is 352 g/mol. The molecule has 3 rings (SSSR count). The van der Waals surface area contributed by atoms with Crippen LogP contribution in [-0.2, 0) is 22.6 Å². The molecule has 0 spiro atoms. The molecule has 0 aromatic heterocycles. The van der Waals surface area contributed by atoms with E-state index in [2.05, 4.69) is 24.4 Å². The summed E-state index contributed by atoms with van der Waals surface area (Å²) in [7, 11) is 1.60. The minimum absolute atomic E-state index is 0.0254. The van der Waals surface area contributed by atoms with Crippen molar-refractivity contribution >= 4 is 17.5 Å². The molecule has 1 unspecified atom stereocenters. The molecule has 1 aliphatic heterocycles. The molecular formula is C21H24N2O3. The fourth-order valence-corrected chi connectivity index (χ4v) is 3.12. The van der Waals surface area contributed by atoms with Crippen molar-refractivity contribution in [3.05, 3.63) is 59.7 Å². The van der Waals surface area contributed by atoms with Crippen molar-refractivity contribution in [3.63, 3.8) is 0 Å². The van der Waals surface area contributed by atoms with Crippen LogP contribution in [0.5, 0.6) is 5.75 Å². The zero-order chi connectivity index (χ0) is 18.5. The minimum atomic E-state index is -0.320. The third-order valence-electron chi connectivity index (χ3n) is 4.78. The summed E-state index contributed by atoms with van der Waals surface area (Å²) in [6.45, 7) is 3.00. The van der Waals surface area contributed by atoms with Crippen molar-refractivity contribution in [2.45, 2.75) is 26.3 Å². The second-order valence-electron chi connectivity index (χ2n) is 6.49. The van der Waals surface area contributed by atoms with Crippen molar-refractivity contribution in [3.8, 4) is 5.75 Å². The van der Waals surface area contributed by atoms with E-state index < -0.39 is 0 Å². The van der Waals surface area contributed by atoms with Crippen molar-refractivity contribution in [1.29, 1.82) is 0 Å². The number of rotatable bonds is 6. The lowest BCUT2D eigenvalue weighted by molar-refractivity contribution is -0.126. The van der Waals surface area contributed by atoms with E-state index in [4.69, 9.17) is 4.74 Å². The first kappa shape index (κ1) is 18.0. The molecule has 2 amide bonds. The Morgan fingerprint density at radius 3 is 2.38 bits per heavy atom. The number of methoxy groups -OCH3 is 1. The Morgan fingerprint density at radius 2 is 1.77 bits per heavy atom. The van der Waals surface area contributed by atoms with E-state index >= 15 is 0 Å². The normalized spacial score (nSPS) is 16.6. The molecular weight excluding hydrogens is 328 g/mol. The van der Waals surface area contributed by atoms with Gasteiger partial charge in [0.05, 0.1) is 13.0 Å². The molecule has 5 nitrogen and oxygen atoms in total. The molecule has 1 fully saturated rings. The number of hydrogen-bond acceptors (Lipinski definition) is 3. The predicted molar refractivity (Wildman–Crippen MR) is 101 cm³/mol. The van der Waals surface area contributed by atoms with Gasteiger partial charge in [0, 0.05) is 25.2 Å². The van der Waals surface area contributed by atoms with Crippen LogP contribution in [0.25, 0.3) is 0 Å². The lowest BCUT2D eigenvalue weighted by Gasteiger charge is -2.17. The summed E-state index contributed by atoms with van der Waals surface area (Å²) in [5.74, 6) is 0.319. The molecule has 1 saturated heterocycles. The number of ether oxygens (including phenoxy) is 1. The first-order valence-corrected chi connectivity index (χ1v) is 8.90. The number of amides is 2. The predicted octanol–water partition coefficient (Wildman–Crippen LogP) is 2.93. The number of nitrogens with zero attached hydrogens (tertiary/aromatic N) is 1. The van der Waals surface area contributed by atoms with Crippen LogP contribution in [0.15, 0.2) is 48.5 Å². The second-order valence-corrected chi connectivity index (χ2v) is 6.49. The van der Waals surface area contributed by atoms with E-state index in [0.717, 1.165) is 23.4 Å². The highest BCUT2D eigenvalue weighted by Gasteiger charge is 2.34. The van der Waals surface area contributed by atoms with E-state index in [1.54, 1.807) is 12.0 Å². The molecule has 1 atom stereocenters. The fourth-order valence-electron chi connectivity index (χ4n) is 3.12. The van der Waals surface area contributed by atoms with Crippen LogP contribution in [0.1, 0.15) is 24.5 Å². The summed E-state index contributed by atoms with van der Waals surface area (Å²) in [6, 6.07) is 15.5. The van der Waals surface area contributed by atoms with Crippen LogP contribution < -0.4 is 15.0 Å². The van der Waals surface area contributed by atoms with Crippen LogP contribution in [0.3, 0.4) is 0 Å². The molecule has 2 aromatic rings. The Morgan fingerprint density at radius 1 is 1.12 bits per heavy atom. The zero-order valence-electron chi connectivity index (χ0n) is 15.2. The maximum absolute atomic E-state index is 12.5. The topological polar surface area (TPSA) is 58.6 Å². The van der Waals surface area contributed by atoms with Gasteiger partial charge in [0.15, 0.2) is 0 Å². The van der Waals surface area contributed by atoms with Gasteiger partial charge < -0.3 is 15.0 Å². The number of carbonyl (C=O) groups is 2. The third-order valence-corrected chi connectivity index (χ3v) is 4.78. The Balaban J connectivity index is 1.57. The van der Waals surface area contributed by atoms with E-state index in [0.29, 0.717) is 13.1 Å². The lowest BCUT2D eigenvalue weighted by atomic mass is 10.1. The number of nitrogens with one attached hydrogen (secondary N) is 1. The fraction of sp³-hybridized carbons (Fsp3) is 0.333. The molecule has 1 N–H and O–H groups in total. The highest BCUT2D eigenvalue weighted by Crippen LogP contribution is 2.27. The van der Waals surface area contributed by atoms with Gasteiger partial charge in [-0.05, 0) is 41.8 Å². The molecule has 0 aliphatic carbocycles. The number of benzene rings is 2. The summed E-state index contributed by atoms with van der Waals surface area (Å²) in [5, 5.41) is 2.95. The monoisotopic (exact) mass is 352 g/mol. The second kappa shape index (κ2) is 8.04. The summed E-state index contributed by atoms with van der Waals surface area (Å²) in [5.41, 5.74) is 3.13. The van der Waals surface area contributed by atoms with Gasteiger partial charge in [-0.3, -0.25) is 9.59 Å². The quantitative estimate of drug-likeness (QED) is 0.870. The van der Waals surface area contributed by atoms with Gasteiger partial charge in [0.1, 0.15) is 5.75 Å². The van der Waals surface area contributed by atoms with Gasteiger partial charge in [-0.15, -0.1) is 0 Å². The summed E-state index contributed by atoms with van der Waals surface area (Å²) in [6.07, 6.45) is 1.24. The van der Waals surface area contributed by atoms with Crippen molar-refractivity contribution < 1.29 is 14.3 Å². The molecule has 1 aliphatic rings. The van der Waals surface area contributed by atoms with Gasteiger partial charge in [-0.25, -0.2) is 0 Å². The highest BCUT2D eigenvalue weighted by molar-refractivity contribution is 6.00. The summed E-state index contributed by atoms with van der Waals surface area (Å²) >= 11 is 0. The minimum Gasteiger partial charge on any atom is -0.497 e. The van der Waals surface area contributed by atoms with E-state index in [1.807, 2.05) is 36.4 Å². The SMILES string of the molecule is CCc1ccc(CNC(=O)C2CC(=O)N(c3ccc(OC)cc3)C2)cc1. The van der Waals surface area contributed by atoms with E-state index in [9.17, 15) is 9.59 Å². The van der Waals surface area contributed by atoms with Gasteiger partial charge >= 0.3 is 0 Å². The smallest absolute Gasteiger partial charge is 0.227 e. The Labute approximate surface area is 154 Å². The Kier molecular flexibility index (Phi) is 5.56. The van der Waals surface area contributed by atoms with Gasteiger partial charge in [0.25, 0.3) is 0 Å². The van der Waals surface area contributed by atoms with Crippen molar-refractivity contribution in [1.82, 2.24) is 5.32 Å². The van der Waals surface area contributed by atoms with E-state index in [-0.39, 0.29) is 24.2 Å². The maximum Gasteiger partial charge on any atom is 0.227 e. The Bertz CT molecular complexity index is 769. The maximum atomic E-state index is 12.5. The molecule has 0 bridgehead atoms. The lowest BCUT2D eigenvalue weighted by Crippen LogP contribution is -2.32. The van der Waals surface area contributed by atoms with Gasteiger partial charge in [-0.1, -0.05) is 31.2 Å².